The normalized spacial score (nSPS) is 19.2. The zero-order valence-electron chi connectivity index (χ0n) is 9.48. The first-order chi connectivity index (χ1) is 8.16. The number of hydrogen-bond donors (Lipinski definition) is 3. The zero-order valence-corrected chi connectivity index (χ0v) is 9.48. The SMILES string of the molecule is NC(=O)c1ccc(N)c(NCC2CCOC2)n1. The number of nitrogen functional groups attached to an aromatic ring is 1. The number of carbonyl (C=O) groups is 1. The number of nitrogens with two attached hydrogens (primary N) is 2. The molecule has 1 atom stereocenters. The minimum atomic E-state index is -0.558. The summed E-state index contributed by atoms with van der Waals surface area (Å²) in [6, 6.07) is 3.14. The largest absolute Gasteiger partial charge is 0.396 e. The van der Waals surface area contributed by atoms with E-state index in [4.69, 9.17) is 16.2 Å². The van der Waals surface area contributed by atoms with Crippen LogP contribution in [-0.4, -0.2) is 30.6 Å². The van der Waals surface area contributed by atoms with Crippen molar-refractivity contribution in [2.45, 2.75) is 6.42 Å². The van der Waals surface area contributed by atoms with E-state index in [1.807, 2.05) is 0 Å². The number of amides is 1. The summed E-state index contributed by atoms with van der Waals surface area (Å²) in [4.78, 5) is 15.1. The molecule has 1 aliphatic rings. The highest BCUT2D eigenvalue weighted by atomic mass is 16.5. The van der Waals surface area contributed by atoms with E-state index in [-0.39, 0.29) is 5.69 Å². The van der Waals surface area contributed by atoms with E-state index in [0.717, 1.165) is 26.2 Å². The molecular weight excluding hydrogens is 220 g/mol. The molecule has 6 heteroatoms. The minimum Gasteiger partial charge on any atom is -0.396 e. The fraction of sp³-hybridized carbons (Fsp3) is 0.455. The molecule has 1 fully saturated rings. The van der Waals surface area contributed by atoms with Crippen LogP contribution < -0.4 is 16.8 Å². The van der Waals surface area contributed by atoms with E-state index >= 15 is 0 Å². The van der Waals surface area contributed by atoms with Crippen molar-refractivity contribution in [2.24, 2.45) is 11.7 Å². The second kappa shape index (κ2) is 5.01. The van der Waals surface area contributed by atoms with Gasteiger partial charge in [-0.2, -0.15) is 0 Å². The lowest BCUT2D eigenvalue weighted by Gasteiger charge is -2.12. The third-order valence-corrected chi connectivity index (χ3v) is 2.76. The van der Waals surface area contributed by atoms with Crippen molar-refractivity contribution in [3.05, 3.63) is 17.8 Å². The summed E-state index contributed by atoms with van der Waals surface area (Å²) in [6.07, 6.45) is 1.03. The lowest BCUT2D eigenvalue weighted by atomic mass is 10.1. The Kier molecular flexibility index (Phi) is 3.43. The fourth-order valence-corrected chi connectivity index (χ4v) is 1.73. The molecule has 1 amide bonds. The smallest absolute Gasteiger partial charge is 0.267 e. The highest BCUT2D eigenvalue weighted by molar-refractivity contribution is 5.91. The lowest BCUT2D eigenvalue weighted by molar-refractivity contribution is 0.0995. The number of carbonyl (C=O) groups excluding carboxylic acids is 1. The maximum absolute atomic E-state index is 11.0. The Balaban J connectivity index is 2.03. The molecule has 0 saturated carbocycles. The van der Waals surface area contributed by atoms with Crippen LogP contribution in [0.25, 0.3) is 0 Å². The van der Waals surface area contributed by atoms with Gasteiger partial charge in [-0.05, 0) is 18.6 Å². The monoisotopic (exact) mass is 236 g/mol. The van der Waals surface area contributed by atoms with E-state index in [1.165, 1.54) is 6.07 Å². The summed E-state index contributed by atoms with van der Waals surface area (Å²) in [5.41, 5.74) is 11.6. The molecular formula is C11H16N4O2. The van der Waals surface area contributed by atoms with Gasteiger partial charge < -0.3 is 21.5 Å². The van der Waals surface area contributed by atoms with Crippen LogP contribution in [0.2, 0.25) is 0 Å². The summed E-state index contributed by atoms with van der Waals surface area (Å²) >= 11 is 0. The van der Waals surface area contributed by atoms with Crippen LogP contribution in [0.5, 0.6) is 0 Å². The summed E-state index contributed by atoms with van der Waals surface area (Å²) < 4.78 is 5.27. The molecule has 1 aromatic heterocycles. The van der Waals surface area contributed by atoms with Gasteiger partial charge in [0, 0.05) is 19.1 Å². The summed E-state index contributed by atoms with van der Waals surface area (Å²) in [7, 11) is 0. The molecule has 0 radical (unpaired) electrons. The zero-order chi connectivity index (χ0) is 12.3. The summed E-state index contributed by atoms with van der Waals surface area (Å²) in [5.74, 6) is 0.416. The quantitative estimate of drug-likeness (QED) is 0.693. The van der Waals surface area contributed by atoms with Gasteiger partial charge >= 0.3 is 0 Å². The first-order valence-corrected chi connectivity index (χ1v) is 5.55. The van der Waals surface area contributed by atoms with Crippen LogP contribution in [0.15, 0.2) is 12.1 Å². The second-order valence-electron chi connectivity index (χ2n) is 4.11. The maximum atomic E-state index is 11.0. The maximum Gasteiger partial charge on any atom is 0.267 e. The van der Waals surface area contributed by atoms with Gasteiger partial charge in [0.15, 0.2) is 0 Å². The van der Waals surface area contributed by atoms with Gasteiger partial charge in [-0.1, -0.05) is 0 Å². The number of rotatable bonds is 4. The van der Waals surface area contributed by atoms with Crippen LogP contribution in [0, 0.1) is 5.92 Å². The van der Waals surface area contributed by atoms with Gasteiger partial charge in [0.2, 0.25) is 0 Å². The van der Waals surface area contributed by atoms with Gasteiger partial charge in [0.05, 0.1) is 12.3 Å². The molecule has 0 aliphatic carbocycles. The molecule has 1 saturated heterocycles. The average molecular weight is 236 g/mol. The standard InChI is InChI=1S/C11H16N4O2/c12-8-1-2-9(10(13)16)15-11(8)14-5-7-3-4-17-6-7/h1-2,7H,3-6,12H2,(H2,13,16)(H,14,15). The van der Waals surface area contributed by atoms with Gasteiger partial charge in [0.1, 0.15) is 11.5 Å². The number of nitrogens with zero attached hydrogens (tertiary/aromatic N) is 1. The van der Waals surface area contributed by atoms with Crippen LogP contribution in [-0.2, 0) is 4.74 Å². The molecule has 0 spiro atoms. The number of anilines is 2. The molecule has 1 unspecified atom stereocenters. The topological polar surface area (TPSA) is 103 Å². The van der Waals surface area contributed by atoms with Crippen LogP contribution in [0.3, 0.4) is 0 Å². The number of nitrogens with one attached hydrogen (secondary N) is 1. The Labute approximate surface area is 99.3 Å². The van der Waals surface area contributed by atoms with Crippen molar-refractivity contribution in [2.75, 3.05) is 30.8 Å². The highest BCUT2D eigenvalue weighted by Crippen LogP contribution is 2.18. The van der Waals surface area contributed by atoms with Crippen molar-refractivity contribution >= 4 is 17.4 Å². The molecule has 2 heterocycles. The van der Waals surface area contributed by atoms with Crippen molar-refractivity contribution in [1.29, 1.82) is 0 Å². The number of primary amides is 1. The number of hydrogen-bond acceptors (Lipinski definition) is 5. The first-order valence-electron chi connectivity index (χ1n) is 5.55. The Morgan fingerprint density at radius 2 is 2.41 bits per heavy atom. The first kappa shape index (κ1) is 11.7. The van der Waals surface area contributed by atoms with Gasteiger partial charge in [0.25, 0.3) is 5.91 Å². The third-order valence-electron chi connectivity index (χ3n) is 2.76. The van der Waals surface area contributed by atoms with Crippen molar-refractivity contribution in [3.8, 4) is 0 Å². The van der Waals surface area contributed by atoms with E-state index in [0.29, 0.717) is 17.4 Å². The lowest BCUT2D eigenvalue weighted by Crippen LogP contribution is -2.18. The molecule has 2 rings (SSSR count). The van der Waals surface area contributed by atoms with Crippen molar-refractivity contribution in [3.63, 3.8) is 0 Å². The average Bonchev–Trinajstić information content (AvgIpc) is 2.80. The van der Waals surface area contributed by atoms with Gasteiger partial charge in [-0.3, -0.25) is 4.79 Å². The number of aromatic nitrogens is 1. The van der Waals surface area contributed by atoms with Crippen LogP contribution in [0.1, 0.15) is 16.9 Å². The van der Waals surface area contributed by atoms with E-state index in [9.17, 15) is 4.79 Å². The molecule has 6 nitrogen and oxygen atoms in total. The summed E-state index contributed by atoms with van der Waals surface area (Å²) in [5, 5.41) is 3.13. The molecule has 1 aromatic rings. The van der Waals surface area contributed by atoms with E-state index < -0.39 is 5.91 Å². The van der Waals surface area contributed by atoms with Crippen molar-refractivity contribution < 1.29 is 9.53 Å². The van der Waals surface area contributed by atoms with Crippen LogP contribution in [0.4, 0.5) is 11.5 Å². The van der Waals surface area contributed by atoms with E-state index in [2.05, 4.69) is 10.3 Å². The van der Waals surface area contributed by atoms with E-state index in [1.54, 1.807) is 6.07 Å². The van der Waals surface area contributed by atoms with Gasteiger partial charge in [-0.25, -0.2) is 4.98 Å². The fourth-order valence-electron chi connectivity index (χ4n) is 1.73. The molecule has 0 aromatic carbocycles. The Morgan fingerprint density at radius 1 is 1.59 bits per heavy atom. The minimum absolute atomic E-state index is 0.212. The number of ether oxygens (including phenoxy) is 1. The Morgan fingerprint density at radius 3 is 3.06 bits per heavy atom. The van der Waals surface area contributed by atoms with Crippen molar-refractivity contribution in [1.82, 2.24) is 4.98 Å². The second-order valence-corrected chi connectivity index (χ2v) is 4.11. The van der Waals surface area contributed by atoms with Crippen LogP contribution >= 0.6 is 0 Å². The molecule has 5 N–H and O–H groups in total. The number of pyridine rings is 1. The Bertz CT molecular complexity index is 416. The summed E-state index contributed by atoms with van der Waals surface area (Å²) in [6.45, 7) is 2.29. The molecule has 17 heavy (non-hydrogen) atoms. The third kappa shape index (κ3) is 2.85. The molecule has 0 bridgehead atoms. The van der Waals surface area contributed by atoms with Gasteiger partial charge in [-0.15, -0.1) is 0 Å². The predicted molar refractivity (Wildman–Crippen MR) is 64.6 cm³/mol. The Hall–Kier alpha value is -1.82. The molecule has 92 valence electrons. The predicted octanol–water partition coefficient (Wildman–Crippen LogP) is 0.211. The highest BCUT2D eigenvalue weighted by Gasteiger charge is 2.16. The molecule has 1 aliphatic heterocycles.